The second kappa shape index (κ2) is 7.00. The molecular formula is C19H16N2O4. The van der Waals surface area contributed by atoms with Crippen molar-refractivity contribution in [3.63, 3.8) is 0 Å². The minimum absolute atomic E-state index is 0.275. The zero-order chi connectivity index (χ0) is 17.8. The summed E-state index contributed by atoms with van der Waals surface area (Å²) in [6.45, 7) is 0.275. The third kappa shape index (κ3) is 3.58. The summed E-state index contributed by atoms with van der Waals surface area (Å²) in [5.41, 5.74) is 1.95. The molecule has 6 nitrogen and oxygen atoms in total. The number of aromatic nitrogens is 2. The van der Waals surface area contributed by atoms with Gasteiger partial charge in [0.25, 0.3) is 5.56 Å². The molecule has 0 aliphatic heterocycles. The molecule has 1 N–H and O–H groups in total. The van der Waals surface area contributed by atoms with E-state index in [2.05, 4.69) is 4.98 Å². The number of methoxy groups -OCH3 is 1. The molecule has 126 valence electrons. The molecule has 25 heavy (non-hydrogen) atoms. The minimum atomic E-state index is -0.481. The number of esters is 1. The van der Waals surface area contributed by atoms with Crippen molar-refractivity contribution in [1.29, 1.82) is 0 Å². The van der Waals surface area contributed by atoms with Crippen LogP contribution in [0.3, 0.4) is 0 Å². The number of aromatic amines is 1. The Balaban J connectivity index is 2.06. The Labute approximate surface area is 143 Å². The van der Waals surface area contributed by atoms with Crippen molar-refractivity contribution in [1.82, 2.24) is 9.55 Å². The van der Waals surface area contributed by atoms with Gasteiger partial charge in [0.15, 0.2) is 0 Å². The van der Waals surface area contributed by atoms with E-state index in [-0.39, 0.29) is 6.54 Å². The van der Waals surface area contributed by atoms with E-state index in [0.29, 0.717) is 5.56 Å². The van der Waals surface area contributed by atoms with Crippen molar-refractivity contribution in [3.8, 4) is 11.1 Å². The molecule has 0 radical (unpaired) electrons. The van der Waals surface area contributed by atoms with Gasteiger partial charge in [-0.25, -0.2) is 9.59 Å². The van der Waals surface area contributed by atoms with Crippen molar-refractivity contribution >= 4 is 5.97 Å². The fraction of sp³-hybridized carbons (Fsp3) is 0.105. The number of carbonyl (C=O) groups is 1. The number of benzene rings is 2. The monoisotopic (exact) mass is 336 g/mol. The zero-order valence-corrected chi connectivity index (χ0v) is 13.6. The van der Waals surface area contributed by atoms with Crippen LogP contribution in [0.2, 0.25) is 0 Å². The smallest absolute Gasteiger partial charge is 0.338 e. The van der Waals surface area contributed by atoms with Crippen LogP contribution in [0, 0.1) is 0 Å². The van der Waals surface area contributed by atoms with Gasteiger partial charge in [-0.1, -0.05) is 36.4 Å². The van der Waals surface area contributed by atoms with E-state index in [1.54, 1.807) is 12.1 Å². The summed E-state index contributed by atoms with van der Waals surface area (Å²) in [5, 5.41) is 0. The van der Waals surface area contributed by atoms with Gasteiger partial charge in [-0.3, -0.25) is 14.3 Å². The van der Waals surface area contributed by atoms with Crippen molar-refractivity contribution in [3.05, 3.63) is 92.8 Å². The molecule has 1 aromatic heterocycles. The van der Waals surface area contributed by atoms with E-state index in [0.717, 1.165) is 16.7 Å². The van der Waals surface area contributed by atoms with E-state index in [4.69, 9.17) is 4.74 Å². The molecule has 0 aliphatic rings. The maximum absolute atomic E-state index is 12.1. The average molecular weight is 336 g/mol. The highest BCUT2D eigenvalue weighted by Gasteiger charge is 2.14. The molecule has 0 spiro atoms. The van der Waals surface area contributed by atoms with Gasteiger partial charge in [-0.05, 0) is 28.8 Å². The topological polar surface area (TPSA) is 81.2 Å². The quantitative estimate of drug-likeness (QED) is 0.739. The Hall–Kier alpha value is -3.41. The van der Waals surface area contributed by atoms with Crippen LogP contribution in [0.4, 0.5) is 0 Å². The standard InChI is InChI=1S/C19H16N2O4/c1-25-18(23)15-8-7-13(11-16(15)14-5-3-2-4-6-14)12-21-10-9-17(22)20-19(21)24/h2-11H,12H2,1H3,(H,20,22,24). The molecule has 1 heterocycles. The van der Waals surface area contributed by atoms with Crippen LogP contribution in [-0.2, 0) is 11.3 Å². The van der Waals surface area contributed by atoms with E-state index < -0.39 is 17.2 Å². The summed E-state index contributed by atoms with van der Waals surface area (Å²) >= 11 is 0. The van der Waals surface area contributed by atoms with Gasteiger partial charge >= 0.3 is 11.7 Å². The lowest BCUT2D eigenvalue weighted by atomic mass is 9.97. The number of nitrogens with one attached hydrogen (secondary N) is 1. The molecule has 3 rings (SSSR count). The number of ether oxygens (including phenoxy) is 1. The van der Waals surface area contributed by atoms with E-state index in [9.17, 15) is 14.4 Å². The highest BCUT2D eigenvalue weighted by Crippen LogP contribution is 2.26. The molecule has 0 atom stereocenters. The molecule has 6 heteroatoms. The number of carbonyl (C=O) groups excluding carboxylic acids is 1. The highest BCUT2D eigenvalue weighted by molar-refractivity contribution is 5.97. The lowest BCUT2D eigenvalue weighted by molar-refractivity contribution is 0.0601. The van der Waals surface area contributed by atoms with Crippen LogP contribution in [-0.4, -0.2) is 22.6 Å². The van der Waals surface area contributed by atoms with Crippen LogP contribution in [0.1, 0.15) is 15.9 Å². The van der Waals surface area contributed by atoms with Crippen LogP contribution >= 0.6 is 0 Å². The molecule has 0 saturated heterocycles. The lowest BCUT2D eigenvalue weighted by Gasteiger charge is -2.12. The number of hydrogen-bond acceptors (Lipinski definition) is 4. The second-order valence-corrected chi connectivity index (χ2v) is 5.48. The molecule has 0 saturated carbocycles. The first-order valence-electron chi connectivity index (χ1n) is 7.65. The lowest BCUT2D eigenvalue weighted by Crippen LogP contribution is -2.28. The SMILES string of the molecule is COC(=O)c1ccc(Cn2ccc(=O)[nH]c2=O)cc1-c1ccccc1. The van der Waals surface area contributed by atoms with Gasteiger partial charge in [-0.15, -0.1) is 0 Å². The fourth-order valence-corrected chi connectivity index (χ4v) is 2.60. The molecule has 0 aliphatic carbocycles. The molecule has 2 aromatic carbocycles. The average Bonchev–Trinajstić information content (AvgIpc) is 2.64. The molecule has 0 bridgehead atoms. The second-order valence-electron chi connectivity index (χ2n) is 5.48. The molecule has 0 fully saturated rings. The highest BCUT2D eigenvalue weighted by atomic mass is 16.5. The van der Waals surface area contributed by atoms with Crippen LogP contribution in [0.15, 0.2) is 70.4 Å². The van der Waals surface area contributed by atoms with Crippen LogP contribution < -0.4 is 11.2 Å². The summed E-state index contributed by atoms with van der Waals surface area (Å²) in [7, 11) is 1.34. The van der Waals surface area contributed by atoms with E-state index in [1.807, 2.05) is 36.4 Å². The normalized spacial score (nSPS) is 10.4. The summed E-state index contributed by atoms with van der Waals surface area (Å²) < 4.78 is 6.25. The fourth-order valence-electron chi connectivity index (χ4n) is 2.60. The summed E-state index contributed by atoms with van der Waals surface area (Å²) in [6.07, 6.45) is 1.44. The molecule has 0 unspecified atom stereocenters. The summed E-state index contributed by atoms with van der Waals surface area (Å²) in [4.78, 5) is 37.3. The van der Waals surface area contributed by atoms with Crippen molar-refractivity contribution < 1.29 is 9.53 Å². The molecule has 0 amide bonds. The third-order valence-electron chi connectivity index (χ3n) is 3.82. The van der Waals surface area contributed by atoms with E-state index >= 15 is 0 Å². The zero-order valence-electron chi connectivity index (χ0n) is 13.6. The Bertz CT molecular complexity index is 1020. The molecular weight excluding hydrogens is 320 g/mol. The minimum Gasteiger partial charge on any atom is -0.465 e. The number of rotatable bonds is 4. The Morgan fingerprint density at radius 1 is 1.08 bits per heavy atom. The van der Waals surface area contributed by atoms with Gasteiger partial charge in [0, 0.05) is 12.3 Å². The van der Waals surface area contributed by atoms with Gasteiger partial charge < -0.3 is 4.74 Å². The van der Waals surface area contributed by atoms with Gasteiger partial charge in [0.2, 0.25) is 0 Å². The van der Waals surface area contributed by atoms with Gasteiger partial charge in [0.1, 0.15) is 0 Å². The Morgan fingerprint density at radius 2 is 1.84 bits per heavy atom. The number of hydrogen-bond donors (Lipinski definition) is 1. The largest absolute Gasteiger partial charge is 0.465 e. The van der Waals surface area contributed by atoms with E-state index in [1.165, 1.54) is 23.9 Å². The van der Waals surface area contributed by atoms with Crippen LogP contribution in [0.25, 0.3) is 11.1 Å². The van der Waals surface area contributed by atoms with Crippen LogP contribution in [0.5, 0.6) is 0 Å². The predicted molar refractivity (Wildman–Crippen MR) is 93.6 cm³/mol. The summed E-state index contributed by atoms with van der Waals surface area (Å²) in [6, 6.07) is 16.0. The number of H-pyrrole nitrogens is 1. The Morgan fingerprint density at radius 3 is 2.52 bits per heavy atom. The molecule has 3 aromatic rings. The maximum atomic E-state index is 12.1. The number of nitrogens with zero attached hydrogens (tertiary/aromatic N) is 1. The van der Waals surface area contributed by atoms with Gasteiger partial charge in [-0.2, -0.15) is 0 Å². The maximum Gasteiger partial charge on any atom is 0.338 e. The van der Waals surface area contributed by atoms with Gasteiger partial charge in [0.05, 0.1) is 19.2 Å². The predicted octanol–water partition coefficient (Wildman–Crippen LogP) is 2.04. The van der Waals surface area contributed by atoms with Crippen molar-refractivity contribution in [2.45, 2.75) is 6.54 Å². The third-order valence-corrected chi connectivity index (χ3v) is 3.82. The summed E-state index contributed by atoms with van der Waals surface area (Å²) in [5.74, 6) is -0.424. The first-order valence-corrected chi connectivity index (χ1v) is 7.65. The first-order chi connectivity index (χ1) is 12.1. The van der Waals surface area contributed by atoms with Crippen molar-refractivity contribution in [2.24, 2.45) is 0 Å². The van der Waals surface area contributed by atoms with Crippen molar-refractivity contribution in [2.75, 3.05) is 7.11 Å². The Kier molecular flexibility index (Phi) is 4.61. The first kappa shape index (κ1) is 16.4.